The van der Waals surface area contributed by atoms with E-state index < -0.39 is 0 Å². The van der Waals surface area contributed by atoms with Gasteiger partial charge in [-0.3, -0.25) is 0 Å². The van der Waals surface area contributed by atoms with Crippen LogP contribution in [-0.4, -0.2) is 37.1 Å². The molecule has 0 aromatic carbocycles. The molecule has 0 amide bonds. The zero-order valence-electron chi connectivity index (χ0n) is 12.0. The van der Waals surface area contributed by atoms with Crippen molar-refractivity contribution in [3.05, 3.63) is 0 Å². The van der Waals surface area contributed by atoms with E-state index in [4.69, 9.17) is 0 Å². The fourth-order valence-electron chi connectivity index (χ4n) is 2.92. The molecule has 2 heteroatoms. The highest BCUT2D eigenvalue weighted by Gasteiger charge is 2.28. The summed E-state index contributed by atoms with van der Waals surface area (Å²) < 4.78 is 0. The van der Waals surface area contributed by atoms with E-state index in [2.05, 4.69) is 31.0 Å². The summed E-state index contributed by atoms with van der Waals surface area (Å²) in [6.07, 6.45) is 6.96. The van der Waals surface area contributed by atoms with Gasteiger partial charge < -0.3 is 10.2 Å². The quantitative estimate of drug-likeness (QED) is 0.741. The number of hydrogen-bond donors (Lipinski definition) is 1. The maximum absolute atomic E-state index is 3.60. The highest BCUT2D eigenvalue weighted by atomic mass is 15.1. The van der Waals surface area contributed by atoms with E-state index in [1.54, 1.807) is 0 Å². The molecule has 1 heterocycles. The third-order valence-corrected chi connectivity index (χ3v) is 4.47. The Bertz CT molecular complexity index is 220. The van der Waals surface area contributed by atoms with E-state index in [9.17, 15) is 0 Å². The minimum atomic E-state index is 0.514. The first kappa shape index (κ1) is 13.4. The van der Waals surface area contributed by atoms with Gasteiger partial charge in [0, 0.05) is 6.04 Å². The maximum atomic E-state index is 3.60. The van der Waals surface area contributed by atoms with Crippen LogP contribution >= 0.6 is 0 Å². The van der Waals surface area contributed by atoms with Crippen LogP contribution in [-0.2, 0) is 0 Å². The van der Waals surface area contributed by atoms with Gasteiger partial charge in [-0.2, -0.15) is 0 Å². The molecule has 2 nitrogen and oxygen atoms in total. The lowest BCUT2D eigenvalue weighted by atomic mass is 9.75. The second-order valence-electron chi connectivity index (χ2n) is 7.06. The molecule has 0 unspecified atom stereocenters. The van der Waals surface area contributed by atoms with Crippen molar-refractivity contribution in [2.75, 3.05) is 26.2 Å². The van der Waals surface area contributed by atoms with Gasteiger partial charge in [-0.15, -0.1) is 0 Å². The molecule has 1 saturated heterocycles. The van der Waals surface area contributed by atoms with Crippen LogP contribution in [0.3, 0.4) is 0 Å². The Labute approximate surface area is 107 Å². The van der Waals surface area contributed by atoms with Crippen molar-refractivity contribution in [2.24, 2.45) is 11.3 Å². The molecular weight excluding hydrogens is 208 g/mol. The Morgan fingerprint density at radius 3 is 2.24 bits per heavy atom. The van der Waals surface area contributed by atoms with Gasteiger partial charge >= 0.3 is 0 Å². The first-order valence-electron chi connectivity index (χ1n) is 7.51. The van der Waals surface area contributed by atoms with E-state index >= 15 is 0 Å². The second kappa shape index (κ2) is 5.71. The predicted molar refractivity (Wildman–Crippen MR) is 74.3 cm³/mol. The summed E-state index contributed by atoms with van der Waals surface area (Å²) in [5, 5.41) is 3.60. The number of nitrogens with zero attached hydrogens (tertiary/aromatic N) is 1. The zero-order chi connectivity index (χ0) is 12.3. The molecule has 17 heavy (non-hydrogen) atoms. The molecular formula is C15H30N2. The minimum Gasteiger partial charge on any atom is -0.314 e. The molecule has 1 aliphatic carbocycles. The Kier molecular flexibility index (Phi) is 4.48. The van der Waals surface area contributed by atoms with E-state index in [-0.39, 0.29) is 0 Å². The first-order chi connectivity index (χ1) is 8.05. The number of likely N-dealkylation sites (tertiary alicyclic amines) is 1. The highest BCUT2D eigenvalue weighted by Crippen LogP contribution is 2.34. The van der Waals surface area contributed by atoms with Crippen LogP contribution in [0.15, 0.2) is 0 Å². The largest absolute Gasteiger partial charge is 0.314 e. The molecule has 0 aromatic rings. The fraction of sp³-hybridized carbons (Fsp3) is 1.00. The van der Waals surface area contributed by atoms with Gasteiger partial charge in [0.05, 0.1) is 0 Å². The average Bonchev–Trinajstić information content (AvgIpc) is 3.08. The Morgan fingerprint density at radius 2 is 1.71 bits per heavy atom. The van der Waals surface area contributed by atoms with Gasteiger partial charge in [0.25, 0.3) is 0 Å². The van der Waals surface area contributed by atoms with Crippen LogP contribution < -0.4 is 5.32 Å². The van der Waals surface area contributed by atoms with E-state index in [1.165, 1.54) is 58.3 Å². The highest BCUT2D eigenvalue weighted by molar-refractivity contribution is 4.82. The standard InChI is InChI=1S/C15H30N2/c1-15(2,3)13-7-11-17(12-8-13)10-4-9-16-14-5-6-14/h13-14,16H,4-12H2,1-3H3. The number of hydrogen-bond acceptors (Lipinski definition) is 2. The SMILES string of the molecule is CC(C)(C)C1CCN(CCCNC2CC2)CC1. The van der Waals surface area contributed by atoms with Gasteiger partial charge in [-0.1, -0.05) is 20.8 Å². The van der Waals surface area contributed by atoms with E-state index in [0.717, 1.165) is 12.0 Å². The minimum absolute atomic E-state index is 0.514. The van der Waals surface area contributed by atoms with Crippen LogP contribution in [0.1, 0.15) is 52.9 Å². The molecule has 0 spiro atoms. The average molecular weight is 238 g/mol. The molecule has 0 bridgehead atoms. The molecule has 2 aliphatic rings. The van der Waals surface area contributed by atoms with Crippen molar-refractivity contribution in [2.45, 2.75) is 58.9 Å². The molecule has 2 rings (SSSR count). The summed E-state index contributed by atoms with van der Waals surface area (Å²) in [5.41, 5.74) is 0.514. The zero-order valence-corrected chi connectivity index (χ0v) is 12.0. The smallest absolute Gasteiger partial charge is 0.00682 e. The molecule has 0 atom stereocenters. The molecule has 1 aliphatic heterocycles. The normalized spacial score (nSPS) is 24.2. The van der Waals surface area contributed by atoms with Crippen LogP contribution in [0.5, 0.6) is 0 Å². The van der Waals surface area contributed by atoms with Gasteiger partial charge in [0.2, 0.25) is 0 Å². The molecule has 1 N–H and O–H groups in total. The van der Waals surface area contributed by atoms with Crippen LogP contribution in [0.2, 0.25) is 0 Å². The summed E-state index contributed by atoms with van der Waals surface area (Å²) in [5.74, 6) is 0.934. The van der Waals surface area contributed by atoms with Crippen LogP contribution in [0.4, 0.5) is 0 Å². The number of piperidine rings is 1. The molecule has 2 fully saturated rings. The van der Waals surface area contributed by atoms with Crippen LogP contribution in [0, 0.1) is 11.3 Å². The van der Waals surface area contributed by atoms with Crippen molar-refractivity contribution < 1.29 is 0 Å². The third kappa shape index (κ3) is 4.59. The van der Waals surface area contributed by atoms with E-state index in [0.29, 0.717) is 5.41 Å². The Morgan fingerprint density at radius 1 is 1.06 bits per heavy atom. The Hall–Kier alpha value is -0.0800. The maximum Gasteiger partial charge on any atom is 0.00682 e. The van der Waals surface area contributed by atoms with Gasteiger partial charge in [-0.05, 0) is 69.6 Å². The van der Waals surface area contributed by atoms with Crippen LogP contribution in [0.25, 0.3) is 0 Å². The van der Waals surface area contributed by atoms with Gasteiger partial charge in [0.1, 0.15) is 0 Å². The summed E-state index contributed by atoms with van der Waals surface area (Å²) in [4.78, 5) is 2.66. The lowest BCUT2D eigenvalue weighted by molar-refractivity contribution is 0.111. The molecule has 100 valence electrons. The summed E-state index contributed by atoms with van der Waals surface area (Å²) in [6.45, 7) is 12.4. The number of nitrogens with one attached hydrogen (secondary N) is 1. The summed E-state index contributed by atoms with van der Waals surface area (Å²) in [6, 6.07) is 0.877. The molecule has 1 saturated carbocycles. The number of rotatable bonds is 5. The second-order valence-corrected chi connectivity index (χ2v) is 7.06. The van der Waals surface area contributed by atoms with Gasteiger partial charge in [0.15, 0.2) is 0 Å². The monoisotopic (exact) mass is 238 g/mol. The third-order valence-electron chi connectivity index (χ3n) is 4.47. The van der Waals surface area contributed by atoms with Gasteiger partial charge in [-0.25, -0.2) is 0 Å². The van der Waals surface area contributed by atoms with E-state index in [1.807, 2.05) is 0 Å². The van der Waals surface area contributed by atoms with Crippen molar-refractivity contribution in [1.82, 2.24) is 10.2 Å². The lowest BCUT2D eigenvalue weighted by Gasteiger charge is -2.38. The molecule has 0 aromatic heterocycles. The molecule has 0 radical (unpaired) electrons. The van der Waals surface area contributed by atoms with Crippen molar-refractivity contribution >= 4 is 0 Å². The summed E-state index contributed by atoms with van der Waals surface area (Å²) in [7, 11) is 0. The fourth-order valence-corrected chi connectivity index (χ4v) is 2.92. The predicted octanol–water partition coefficient (Wildman–Crippen LogP) is 2.89. The van der Waals surface area contributed by atoms with Crippen molar-refractivity contribution in [3.8, 4) is 0 Å². The first-order valence-corrected chi connectivity index (χ1v) is 7.51. The van der Waals surface area contributed by atoms with Crippen molar-refractivity contribution in [1.29, 1.82) is 0 Å². The Balaban J connectivity index is 1.55. The van der Waals surface area contributed by atoms with Crippen molar-refractivity contribution in [3.63, 3.8) is 0 Å². The lowest BCUT2D eigenvalue weighted by Crippen LogP contribution is -2.39. The topological polar surface area (TPSA) is 15.3 Å². The summed E-state index contributed by atoms with van der Waals surface area (Å²) >= 11 is 0.